The maximum Gasteiger partial charge on any atom is 0.229 e. The average molecular weight is 273 g/mol. The van der Waals surface area contributed by atoms with Crippen molar-refractivity contribution in [3.05, 3.63) is 47.6 Å². The van der Waals surface area contributed by atoms with Gasteiger partial charge in [0.1, 0.15) is 0 Å². The number of rotatable bonds is 6. The van der Waals surface area contributed by atoms with Crippen LogP contribution in [0.15, 0.2) is 34.9 Å². The molecule has 1 saturated carbocycles. The van der Waals surface area contributed by atoms with Crippen molar-refractivity contribution >= 4 is 0 Å². The van der Waals surface area contributed by atoms with Gasteiger partial charge in [-0.15, -0.1) is 0 Å². The molecule has 0 aliphatic heterocycles. The normalized spacial score (nSPS) is 16.9. The first-order chi connectivity index (χ1) is 9.76. The van der Waals surface area contributed by atoms with Crippen LogP contribution in [0.2, 0.25) is 0 Å². The second-order valence-electron chi connectivity index (χ2n) is 5.31. The highest BCUT2D eigenvalue weighted by molar-refractivity contribution is 5.13. The average Bonchev–Trinajstić information content (AvgIpc) is 2.91. The Morgan fingerprint density at radius 1 is 1.25 bits per heavy atom. The van der Waals surface area contributed by atoms with Gasteiger partial charge >= 0.3 is 0 Å². The first-order valence-electron chi connectivity index (χ1n) is 7.00. The molecule has 5 heteroatoms. The predicted octanol–water partition coefficient (Wildman–Crippen LogP) is 2.17. The molecular formula is C15H19N3O2. The second kappa shape index (κ2) is 5.73. The van der Waals surface area contributed by atoms with E-state index in [9.17, 15) is 0 Å². The van der Waals surface area contributed by atoms with Crippen LogP contribution in [0.5, 0.6) is 0 Å². The van der Waals surface area contributed by atoms with Crippen LogP contribution in [0, 0.1) is 0 Å². The van der Waals surface area contributed by atoms with E-state index >= 15 is 0 Å². The highest BCUT2D eigenvalue weighted by atomic mass is 16.5. The molecule has 1 aliphatic rings. The minimum Gasteiger partial charge on any atom is -0.376 e. The van der Waals surface area contributed by atoms with E-state index in [0.29, 0.717) is 31.3 Å². The monoisotopic (exact) mass is 273 g/mol. The Morgan fingerprint density at radius 2 is 2.05 bits per heavy atom. The summed E-state index contributed by atoms with van der Waals surface area (Å²) in [5.41, 5.74) is 6.96. The van der Waals surface area contributed by atoms with E-state index in [1.807, 2.05) is 30.3 Å². The van der Waals surface area contributed by atoms with Crippen molar-refractivity contribution < 1.29 is 9.26 Å². The molecule has 1 heterocycles. The van der Waals surface area contributed by atoms with Gasteiger partial charge < -0.3 is 15.0 Å². The number of hydrogen-bond acceptors (Lipinski definition) is 5. The van der Waals surface area contributed by atoms with E-state index in [1.165, 1.54) is 0 Å². The molecule has 0 bridgehead atoms. The standard InChI is InChI=1S/C15H19N3O2/c16-15(8-4-9-15)14-17-13(20-18-14)7-10-19-11-12-5-2-1-3-6-12/h1-3,5-6H,4,7-11,16H2. The fraction of sp³-hybridized carbons (Fsp3) is 0.467. The third kappa shape index (κ3) is 2.89. The molecule has 1 aliphatic carbocycles. The van der Waals surface area contributed by atoms with Crippen LogP contribution < -0.4 is 5.73 Å². The van der Waals surface area contributed by atoms with Crippen LogP contribution in [0.3, 0.4) is 0 Å². The van der Waals surface area contributed by atoms with Gasteiger partial charge in [0.2, 0.25) is 5.89 Å². The van der Waals surface area contributed by atoms with Gasteiger partial charge in [-0.3, -0.25) is 0 Å². The van der Waals surface area contributed by atoms with Crippen molar-refractivity contribution in [1.29, 1.82) is 0 Å². The van der Waals surface area contributed by atoms with Gasteiger partial charge in [-0.1, -0.05) is 35.5 Å². The Morgan fingerprint density at radius 3 is 2.75 bits per heavy atom. The molecule has 1 aromatic carbocycles. The number of nitrogens with two attached hydrogens (primary N) is 1. The molecule has 5 nitrogen and oxygen atoms in total. The van der Waals surface area contributed by atoms with E-state index < -0.39 is 0 Å². The molecule has 0 radical (unpaired) electrons. The highest BCUT2D eigenvalue weighted by Crippen LogP contribution is 2.36. The number of hydrogen-bond donors (Lipinski definition) is 1. The van der Waals surface area contributed by atoms with E-state index in [2.05, 4.69) is 10.1 Å². The maximum absolute atomic E-state index is 6.15. The van der Waals surface area contributed by atoms with Crippen LogP contribution in [0.4, 0.5) is 0 Å². The van der Waals surface area contributed by atoms with Crippen molar-refractivity contribution in [2.75, 3.05) is 6.61 Å². The zero-order valence-electron chi connectivity index (χ0n) is 11.4. The quantitative estimate of drug-likeness (QED) is 0.816. The Labute approximate surface area is 118 Å². The van der Waals surface area contributed by atoms with Crippen LogP contribution >= 0.6 is 0 Å². The third-order valence-corrected chi connectivity index (χ3v) is 3.73. The summed E-state index contributed by atoms with van der Waals surface area (Å²) in [5.74, 6) is 1.24. The van der Waals surface area contributed by atoms with Crippen molar-refractivity contribution in [3.63, 3.8) is 0 Å². The van der Waals surface area contributed by atoms with Gasteiger partial charge in [0.15, 0.2) is 5.82 Å². The number of ether oxygens (including phenoxy) is 1. The van der Waals surface area contributed by atoms with E-state index in [-0.39, 0.29) is 5.54 Å². The molecule has 106 valence electrons. The van der Waals surface area contributed by atoms with Gasteiger partial charge in [-0.05, 0) is 24.8 Å². The summed E-state index contributed by atoms with van der Waals surface area (Å²) in [6.07, 6.45) is 3.64. The zero-order chi connectivity index (χ0) is 13.8. The van der Waals surface area contributed by atoms with Gasteiger partial charge in [-0.2, -0.15) is 4.98 Å². The Bertz CT molecular complexity index is 549. The van der Waals surface area contributed by atoms with Crippen molar-refractivity contribution in [2.24, 2.45) is 5.73 Å². The molecule has 0 amide bonds. The number of nitrogens with zero attached hydrogens (tertiary/aromatic N) is 2. The van der Waals surface area contributed by atoms with Crippen LogP contribution in [0.1, 0.15) is 36.5 Å². The Balaban J connectivity index is 1.45. The lowest BCUT2D eigenvalue weighted by atomic mass is 9.77. The number of benzene rings is 1. The highest BCUT2D eigenvalue weighted by Gasteiger charge is 2.38. The fourth-order valence-corrected chi connectivity index (χ4v) is 2.26. The molecule has 0 atom stereocenters. The molecule has 0 saturated heterocycles. The summed E-state index contributed by atoms with van der Waals surface area (Å²) in [6.45, 7) is 1.16. The molecule has 20 heavy (non-hydrogen) atoms. The van der Waals surface area contributed by atoms with Crippen molar-refractivity contribution in [2.45, 2.75) is 37.8 Å². The summed E-state index contributed by atoms with van der Waals surface area (Å²) in [7, 11) is 0. The predicted molar refractivity (Wildman–Crippen MR) is 73.8 cm³/mol. The third-order valence-electron chi connectivity index (χ3n) is 3.73. The molecular weight excluding hydrogens is 254 g/mol. The molecule has 1 fully saturated rings. The molecule has 2 aromatic rings. The Hall–Kier alpha value is -1.72. The lowest BCUT2D eigenvalue weighted by Gasteiger charge is -2.34. The summed E-state index contributed by atoms with van der Waals surface area (Å²) in [4.78, 5) is 4.37. The topological polar surface area (TPSA) is 74.2 Å². The Kier molecular flexibility index (Phi) is 3.80. The van der Waals surface area contributed by atoms with Crippen LogP contribution in [-0.2, 0) is 23.3 Å². The molecule has 2 N–H and O–H groups in total. The van der Waals surface area contributed by atoms with Crippen LogP contribution in [-0.4, -0.2) is 16.7 Å². The van der Waals surface area contributed by atoms with Crippen LogP contribution in [0.25, 0.3) is 0 Å². The van der Waals surface area contributed by atoms with Gasteiger partial charge in [0.25, 0.3) is 0 Å². The minimum atomic E-state index is -0.355. The summed E-state index contributed by atoms with van der Waals surface area (Å²) < 4.78 is 10.8. The summed E-state index contributed by atoms with van der Waals surface area (Å²) >= 11 is 0. The molecule has 3 rings (SSSR count). The second-order valence-corrected chi connectivity index (χ2v) is 5.31. The number of aromatic nitrogens is 2. The zero-order valence-corrected chi connectivity index (χ0v) is 11.4. The van der Waals surface area contributed by atoms with Crippen molar-refractivity contribution in [1.82, 2.24) is 10.1 Å². The van der Waals surface area contributed by atoms with E-state index in [4.69, 9.17) is 15.0 Å². The first kappa shape index (κ1) is 13.3. The maximum atomic E-state index is 6.15. The lowest BCUT2D eigenvalue weighted by Crippen LogP contribution is -2.44. The molecule has 0 spiro atoms. The summed E-state index contributed by atoms with van der Waals surface area (Å²) in [5, 5.41) is 3.98. The van der Waals surface area contributed by atoms with Crippen molar-refractivity contribution in [3.8, 4) is 0 Å². The van der Waals surface area contributed by atoms with Gasteiger partial charge in [0, 0.05) is 0 Å². The largest absolute Gasteiger partial charge is 0.376 e. The summed E-state index contributed by atoms with van der Waals surface area (Å²) in [6, 6.07) is 10.1. The fourth-order valence-electron chi connectivity index (χ4n) is 2.26. The smallest absolute Gasteiger partial charge is 0.229 e. The molecule has 0 unspecified atom stereocenters. The van der Waals surface area contributed by atoms with Gasteiger partial charge in [-0.25, -0.2) is 0 Å². The van der Waals surface area contributed by atoms with E-state index in [0.717, 1.165) is 24.8 Å². The minimum absolute atomic E-state index is 0.355. The van der Waals surface area contributed by atoms with E-state index in [1.54, 1.807) is 0 Å². The SMILES string of the molecule is NC1(c2noc(CCOCc3ccccc3)n2)CCC1. The first-order valence-corrected chi connectivity index (χ1v) is 7.00. The lowest BCUT2D eigenvalue weighted by molar-refractivity contribution is 0.118. The van der Waals surface area contributed by atoms with Gasteiger partial charge in [0.05, 0.1) is 25.2 Å². The molecule has 1 aromatic heterocycles.